The third-order valence-electron chi connectivity index (χ3n) is 3.36. The van der Waals surface area contributed by atoms with Gasteiger partial charge in [-0.05, 0) is 19.3 Å². The lowest BCUT2D eigenvalue weighted by molar-refractivity contribution is -0.158. The first-order valence-electron chi connectivity index (χ1n) is 6.45. The van der Waals surface area contributed by atoms with Crippen LogP contribution >= 0.6 is 0 Å². The molecule has 1 amide bonds. The Morgan fingerprint density at radius 3 is 2.95 bits per heavy atom. The molecule has 106 valence electrons. The van der Waals surface area contributed by atoms with Crippen molar-refractivity contribution in [3.05, 3.63) is 0 Å². The van der Waals surface area contributed by atoms with Crippen LogP contribution in [0.4, 0.5) is 0 Å². The monoisotopic (exact) mass is 269 g/mol. The standard InChI is InChI=1S/C12H20N4O3/c1-13-16-15-7-4-3-5-12(11(18)19-2)6-8-14-10(17)9-12/h3-9H2,1-2H3/p+1. The molecule has 1 fully saturated rings. The molecule has 0 aliphatic carbocycles. The van der Waals surface area contributed by atoms with Gasteiger partial charge in [0, 0.05) is 13.0 Å². The molecule has 0 radical (unpaired) electrons. The molecule has 1 saturated heterocycles. The molecule has 1 heterocycles. The van der Waals surface area contributed by atoms with E-state index in [2.05, 4.69) is 20.5 Å². The Hall–Kier alpha value is -1.75. The van der Waals surface area contributed by atoms with Gasteiger partial charge in [-0.3, -0.25) is 9.59 Å². The number of amides is 1. The Kier molecular flexibility index (Phi) is 6.15. The molecule has 1 atom stereocenters. The highest BCUT2D eigenvalue weighted by atomic mass is 16.5. The number of esters is 1. The van der Waals surface area contributed by atoms with Gasteiger partial charge in [0.15, 0.2) is 0 Å². The van der Waals surface area contributed by atoms with Crippen molar-refractivity contribution in [1.29, 1.82) is 0 Å². The number of ether oxygens (including phenoxy) is 1. The predicted molar refractivity (Wildman–Crippen MR) is 68.3 cm³/mol. The fraction of sp³-hybridized carbons (Fsp3) is 0.833. The lowest BCUT2D eigenvalue weighted by Crippen LogP contribution is -2.45. The number of nitrogens with one attached hydrogen (secondary N) is 1. The predicted octanol–water partition coefficient (Wildman–Crippen LogP) is 0.828. The number of carbonyl (C=O) groups is 2. The molecule has 0 aromatic rings. The summed E-state index contributed by atoms with van der Waals surface area (Å²) in [4.78, 5) is 27.0. The van der Waals surface area contributed by atoms with Crippen molar-refractivity contribution in [3.63, 3.8) is 0 Å². The minimum atomic E-state index is -0.663. The molecular formula is C12H21N4O3+. The topological polar surface area (TPSA) is 94.2 Å². The van der Waals surface area contributed by atoms with Gasteiger partial charge in [0.2, 0.25) is 10.8 Å². The van der Waals surface area contributed by atoms with Gasteiger partial charge in [0.1, 0.15) is 23.8 Å². The lowest BCUT2D eigenvalue weighted by atomic mass is 9.74. The third-order valence-corrected chi connectivity index (χ3v) is 3.36. The van der Waals surface area contributed by atoms with Gasteiger partial charge >= 0.3 is 5.97 Å². The van der Waals surface area contributed by atoms with E-state index >= 15 is 0 Å². The van der Waals surface area contributed by atoms with Crippen LogP contribution in [0.1, 0.15) is 32.1 Å². The second-order valence-electron chi connectivity index (χ2n) is 4.66. The average Bonchev–Trinajstić information content (AvgIpc) is 2.42. The molecule has 1 N–H and O–H groups in total. The third kappa shape index (κ3) is 4.44. The molecule has 0 saturated carbocycles. The summed E-state index contributed by atoms with van der Waals surface area (Å²) in [5.74, 6) is -0.367. The summed E-state index contributed by atoms with van der Waals surface area (Å²) in [6, 6.07) is 0. The number of hydrogen-bond acceptors (Lipinski definition) is 5. The van der Waals surface area contributed by atoms with Crippen molar-refractivity contribution in [2.45, 2.75) is 32.1 Å². The minimum absolute atomic E-state index is 0.0823. The Balaban J connectivity index is 2.53. The number of rotatable bonds is 6. The molecular weight excluding hydrogens is 248 g/mol. The van der Waals surface area contributed by atoms with Crippen LogP contribution in [0.5, 0.6) is 0 Å². The molecule has 0 aromatic heterocycles. The van der Waals surface area contributed by atoms with Gasteiger partial charge in [-0.15, -0.1) is 0 Å². The maximum Gasteiger partial charge on any atom is 0.312 e. The highest BCUT2D eigenvalue weighted by Gasteiger charge is 2.43. The van der Waals surface area contributed by atoms with Crippen LogP contribution < -0.4 is 10.2 Å². The fourth-order valence-electron chi connectivity index (χ4n) is 2.36. The van der Waals surface area contributed by atoms with Gasteiger partial charge in [-0.1, -0.05) is 6.42 Å². The maximum atomic E-state index is 11.9. The molecule has 0 aromatic carbocycles. The summed E-state index contributed by atoms with van der Waals surface area (Å²) in [7, 11) is 2.93. The highest BCUT2D eigenvalue weighted by Crippen LogP contribution is 2.36. The van der Waals surface area contributed by atoms with Crippen LogP contribution in [-0.4, -0.2) is 39.1 Å². The summed E-state index contributed by atoms with van der Waals surface area (Å²) in [6.45, 7) is 1.11. The first-order valence-corrected chi connectivity index (χ1v) is 6.45. The molecule has 1 rings (SSSR count). The van der Waals surface area contributed by atoms with Crippen molar-refractivity contribution < 1.29 is 14.3 Å². The minimum Gasteiger partial charge on any atom is -0.469 e. The second-order valence-corrected chi connectivity index (χ2v) is 4.66. The largest absolute Gasteiger partial charge is 0.469 e. The average molecular weight is 269 g/mol. The molecule has 1 unspecified atom stereocenters. The summed E-state index contributed by atoms with van der Waals surface area (Å²) < 4.78 is 4.86. The van der Waals surface area contributed by atoms with E-state index in [1.54, 1.807) is 7.05 Å². The SMILES string of the molecule is CN=[N+]=NCCCCC1(C(=O)OC)CCNC(=O)C1. The zero-order valence-corrected chi connectivity index (χ0v) is 11.5. The summed E-state index contributed by atoms with van der Waals surface area (Å²) >= 11 is 0. The first-order chi connectivity index (χ1) is 9.14. The maximum absolute atomic E-state index is 11.9. The Morgan fingerprint density at radius 2 is 2.32 bits per heavy atom. The van der Waals surface area contributed by atoms with E-state index in [1.807, 2.05) is 0 Å². The zero-order chi connectivity index (χ0) is 14.1. The summed E-state index contributed by atoms with van der Waals surface area (Å²) in [5, 5.41) is 10.1. The van der Waals surface area contributed by atoms with Crippen LogP contribution in [0.3, 0.4) is 0 Å². The molecule has 7 heteroatoms. The number of piperidine rings is 1. The van der Waals surface area contributed by atoms with Gasteiger partial charge in [0.05, 0.1) is 12.5 Å². The van der Waals surface area contributed by atoms with E-state index in [0.717, 1.165) is 12.8 Å². The number of unbranched alkanes of at least 4 members (excludes halogenated alkanes) is 1. The van der Waals surface area contributed by atoms with Crippen molar-refractivity contribution in [1.82, 2.24) is 10.2 Å². The van der Waals surface area contributed by atoms with Crippen molar-refractivity contribution in [3.8, 4) is 0 Å². The lowest BCUT2D eigenvalue weighted by Gasteiger charge is -2.34. The summed E-state index contributed by atoms with van der Waals surface area (Å²) in [5.41, 5.74) is -0.663. The first kappa shape index (κ1) is 15.3. The fourth-order valence-corrected chi connectivity index (χ4v) is 2.36. The number of hydrogen-bond donors (Lipinski definition) is 1. The number of methoxy groups -OCH3 is 1. The quantitative estimate of drug-likeness (QED) is 0.335. The Labute approximate surface area is 112 Å². The Bertz CT molecular complexity index is 390. The number of carbonyl (C=O) groups excluding carboxylic acids is 2. The Morgan fingerprint density at radius 1 is 1.53 bits per heavy atom. The normalized spacial score (nSPS) is 22.1. The molecule has 0 spiro atoms. The smallest absolute Gasteiger partial charge is 0.312 e. The van der Waals surface area contributed by atoms with E-state index in [0.29, 0.717) is 25.9 Å². The van der Waals surface area contributed by atoms with E-state index in [9.17, 15) is 9.59 Å². The molecule has 1 aliphatic heterocycles. The molecule has 7 nitrogen and oxygen atoms in total. The molecule has 1 aliphatic rings. The van der Waals surface area contributed by atoms with Crippen molar-refractivity contribution in [2.75, 3.05) is 27.2 Å². The van der Waals surface area contributed by atoms with Crippen LogP contribution in [0.25, 0.3) is 0 Å². The van der Waals surface area contributed by atoms with Crippen LogP contribution in [0.15, 0.2) is 10.2 Å². The highest BCUT2D eigenvalue weighted by molar-refractivity contribution is 5.87. The van der Waals surface area contributed by atoms with Gasteiger partial charge in [-0.2, -0.15) is 0 Å². The van der Waals surface area contributed by atoms with Crippen LogP contribution in [0, 0.1) is 5.41 Å². The van der Waals surface area contributed by atoms with Gasteiger partial charge < -0.3 is 10.1 Å². The van der Waals surface area contributed by atoms with E-state index in [4.69, 9.17) is 4.74 Å². The van der Waals surface area contributed by atoms with Gasteiger partial charge in [-0.25, -0.2) is 0 Å². The van der Waals surface area contributed by atoms with E-state index in [-0.39, 0.29) is 18.3 Å². The van der Waals surface area contributed by atoms with E-state index < -0.39 is 5.41 Å². The van der Waals surface area contributed by atoms with Crippen LogP contribution in [0.2, 0.25) is 0 Å². The molecule has 19 heavy (non-hydrogen) atoms. The van der Waals surface area contributed by atoms with Crippen molar-refractivity contribution >= 4 is 11.9 Å². The summed E-state index contributed by atoms with van der Waals surface area (Å²) in [6.07, 6.45) is 3.12. The second kappa shape index (κ2) is 7.63. The van der Waals surface area contributed by atoms with Crippen molar-refractivity contribution in [2.24, 2.45) is 15.6 Å². The molecule has 0 bridgehead atoms. The number of nitrogens with zero attached hydrogens (tertiary/aromatic N) is 3. The zero-order valence-electron chi connectivity index (χ0n) is 11.5. The van der Waals surface area contributed by atoms with Gasteiger partial charge in [0.25, 0.3) is 0 Å². The van der Waals surface area contributed by atoms with Crippen LogP contribution in [-0.2, 0) is 14.3 Å². The van der Waals surface area contributed by atoms with E-state index in [1.165, 1.54) is 7.11 Å².